The summed E-state index contributed by atoms with van der Waals surface area (Å²) in [5.74, 6) is 0.0855. The first-order chi connectivity index (χ1) is 8.96. The fraction of sp³-hybridized carbons (Fsp3) is 0.471. The van der Waals surface area contributed by atoms with Crippen LogP contribution in [0.2, 0.25) is 0 Å². The molecule has 0 fully saturated rings. The van der Waals surface area contributed by atoms with Crippen molar-refractivity contribution in [2.75, 3.05) is 13.6 Å². The van der Waals surface area contributed by atoms with Crippen molar-refractivity contribution in [1.29, 1.82) is 0 Å². The molecule has 0 aromatic rings. The van der Waals surface area contributed by atoms with Gasteiger partial charge in [-0.05, 0) is 39.7 Å². The second-order valence-electron chi connectivity index (χ2n) is 4.74. The molecule has 19 heavy (non-hydrogen) atoms. The van der Waals surface area contributed by atoms with E-state index in [-0.39, 0.29) is 5.91 Å². The van der Waals surface area contributed by atoms with Crippen LogP contribution in [0.15, 0.2) is 47.1 Å². The van der Waals surface area contributed by atoms with Crippen molar-refractivity contribution in [2.24, 2.45) is 0 Å². The molecule has 0 aliphatic rings. The summed E-state index contributed by atoms with van der Waals surface area (Å²) in [6, 6.07) is 0. The number of amides is 1. The fourth-order valence-electron chi connectivity index (χ4n) is 1.80. The van der Waals surface area contributed by atoms with Gasteiger partial charge in [0.15, 0.2) is 0 Å². The molecule has 0 bridgehead atoms. The summed E-state index contributed by atoms with van der Waals surface area (Å²) in [5.41, 5.74) is 3.16. The van der Waals surface area contributed by atoms with Gasteiger partial charge in [0.05, 0.1) is 0 Å². The average molecular weight is 261 g/mol. The third kappa shape index (κ3) is 6.80. The van der Waals surface area contributed by atoms with Gasteiger partial charge in [-0.15, -0.1) is 0 Å². The molecule has 0 heterocycles. The first-order valence-corrected chi connectivity index (χ1v) is 6.84. The van der Waals surface area contributed by atoms with Gasteiger partial charge >= 0.3 is 0 Å². The van der Waals surface area contributed by atoms with E-state index in [0.29, 0.717) is 6.54 Å². The maximum atomic E-state index is 11.9. The van der Waals surface area contributed by atoms with E-state index in [9.17, 15) is 4.79 Å². The topological polar surface area (TPSA) is 20.3 Å². The quantitative estimate of drug-likeness (QED) is 0.516. The maximum Gasteiger partial charge on any atom is 0.249 e. The Morgan fingerprint density at radius 1 is 1.21 bits per heavy atom. The van der Waals surface area contributed by atoms with Gasteiger partial charge in [-0.25, -0.2) is 0 Å². The van der Waals surface area contributed by atoms with Gasteiger partial charge in [-0.2, -0.15) is 0 Å². The molecule has 0 atom stereocenters. The van der Waals surface area contributed by atoms with E-state index in [4.69, 9.17) is 0 Å². The van der Waals surface area contributed by atoms with E-state index < -0.39 is 0 Å². The molecule has 2 heteroatoms. The molecule has 0 aliphatic heterocycles. The third-order valence-corrected chi connectivity index (χ3v) is 2.82. The summed E-state index contributed by atoms with van der Waals surface area (Å²) in [6.45, 7) is 10.6. The van der Waals surface area contributed by atoms with Gasteiger partial charge in [0.25, 0.3) is 0 Å². The number of nitrogens with zero attached hydrogens (tertiary/aromatic N) is 1. The summed E-state index contributed by atoms with van der Waals surface area (Å²) in [4.78, 5) is 13.7. The van der Waals surface area contributed by atoms with Crippen LogP contribution in [0.25, 0.3) is 0 Å². The molecule has 0 saturated carbocycles. The Kier molecular flexibility index (Phi) is 8.60. The third-order valence-electron chi connectivity index (χ3n) is 2.82. The van der Waals surface area contributed by atoms with Gasteiger partial charge in [-0.1, -0.05) is 42.9 Å². The van der Waals surface area contributed by atoms with Gasteiger partial charge in [0.1, 0.15) is 0 Å². The normalized spacial score (nSPS) is 14.1. The lowest BCUT2D eigenvalue weighted by molar-refractivity contribution is -0.125. The fourth-order valence-corrected chi connectivity index (χ4v) is 1.80. The molecule has 0 rings (SSSR count). The second-order valence-corrected chi connectivity index (χ2v) is 4.74. The van der Waals surface area contributed by atoms with Crippen LogP contribution in [-0.4, -0.2) is 24.4 Å². The van der Waals surface area contributed by atoms with E-state index in [1.807, 2.05) is 40.0 Å². The number of carbonyl (C=O) groups excluding carboxylic acids is 1. The molecule has 106 valence electrons. The van der Waals surface area contributed by atoms with Crippen molar-refractivity contribution in [3.8, 4) is 0 Å². The van der Waals surface area contributed by atoms with Gasteiger partial charge in [0.2, 0.25) is 5.91 Å². The second kappa shape index (κ2) is 9.37. The molecule has 2 nitrogen and oxygen atoms in total. The van der Waals surface area contributed by atoms with Crippen molar-refractivity contribution in [3.05, 3.63) is 47.1 Å². The Bertz CT molecular complexity index is 411. The van der Waals surface area contributed by atoms with Crippen molar-refractivity contribution in [3.63, 3.8) is 0 Å². The molecular formula is C17H27NO. The lowest BCUT2D eigenvalue weighted by Crippen LogP contribution is -2.28. The van der Waals surface area contributed by atoms with Crippen molar-refractivity contribution < 1.29 is 4.79 Å². The number of allylic oxidation sites excluding steroid dienone is 6. The average Bonchev–Trinajstić information content (AvgIpc) is 2.37. The lowest BCUT2D eigenvalue weighted by Gasteiger charge is -2.18. The van der Waals surface area contributed by atoms with Crippen molar-refractivity contribution in [2.45, 2.75) is 41.0 Å². The minimum Gasteiger partial charge on any atom is -0.338 e. The maximum absolute atomic E-state index is 11.9. The van der Waals surface area contributed by atoms with Gasteiger partial charge in [0, 0.05) is 19.2 Å². The van der Waals surface area contributed by atoms with Crippen LogP contribution >= 0.6 is 0 Å². The van der Waals surface area contributed by atoms with E-state index in [2.05, 4.69) is 32.1 Å². The SMILES string of the molecule is C\C=C/C(=C\CC)/C=C(\C)CN(C)C(=O)/C(C)=C/C. The Morgan fingerprint density at radius 2 is 1.84 bits per heavy atom. The zero-order chi connectivity index (χ0) is 14.8. The Hall–Kier alpha value is -1.57. The summed E-state index contributed by atoms with van der Waals surface area (Å²) < 4.78 is 0. The number of hydrogen-bond acceptors (Lipinski definition) is 1. The zero-order valence-electron chi connectivity index (χ0n) is 13.2. The Morgan fingerprint density at radius 3 is 2.32 bits per heavy atom. The predicted molar refractivity (Wildman–Crippen MR) is 84.0 cm³/mol. The number of likely N-dealkylation sites (N-methyl/N-ethyl adjacent to an activating group) is 1. The minimum atomic E-state index is 0.0855. The first kappa shape index (κ1) is 17.4. The molecular weight excluding hydrogens is 234 g/mol. The van der Waals surface area contributed by atoms with Crippen LogP contribution in [0.4, 0.5) is 0 Å². The monoisotopic (exact) mass is 261 g/mol. The van der Waals surface area contributed by atoms with E-state index in [0.717, 1.165) is 12.0 Å². The molecule has 0 N–H and O–H groups in total. The Labute approximate surface area is 118 Å². The van der Waals surface area contributed by atoms with Crippen LogP contribution in [0.5, 0.6) is 0 Å². The van der Waals surface area contributed by atoms with Crippen LogP contribution in [0, 0.1) is 0 Å². The van der Waals surface area contributed by atoms with Crippen molar-refractivity contribution in [1.82, 2.24) is 4.90 Å². The van der Waals surface area contributed by atoms with Crippen LogP contribution in [0.3, 0.4) is 0 Å². The summed E-state index contributed by atoms with van der Waals surface area (Å²) >= 11 is 0. The van der Waals surface area contributed by atoms with Crippen LogP contribution in [0.1, 0.15) is 41.0 Å². The molecule has 0 aromatic carbocycles. The van der Waals surface area contributed by atoms with Crippen LogP contribution < -0.4 is 0 Å². The molecule has 0 spiro atoms. The van der Waals surface area contributed by atoms with E-state index in [1.165, 1.54) is 11.1 Å². The summed E-state index contributed by atoms with van der Waals surface area (Å²) in [6.07, 6.45) is 11.3. The highest BCUT2D eigenvalue weighted by atomic mass is 16.2. The predicted octanol–water partition coefficient (Wildman–Crippen LogP) is 4.27. The minimum absolute atomic E-state index is 0.0855. The molecule has 0 aliphatic carbocycles. The number of rotatable bonds is 6. The molecule has 0 aromatic heterocycles. The highest BCUT2D eigenvalue weighted by molar-refractivity contribution is 5.92. The number of carbonyl (C=O) groups is 1. The molecule has 0 unspecified atom stereocenters. The first-order valence-electron chi connectivity index (χ1n) is 6.84. The highest BCUT2D eigenvalue weighted by Gasteiger charge is 2.09. The highest BCUT2D eigenvalue weighted by Crippen LogP contribution is 2.08. The van der Waals surface area contributed by atoms with Gasteiger partial charge in [-0.3, -0.25) is 4.79 Å². The lowest BCUT2D eigenvalue weighted by atomic mass is 10.1. The van der Waals surface area contributed by atoms with Gasteiger partial charge < -0.3 is 4.90 Å². The summed E-state index contributed by atoms with van der Waals surface area (Å²) in [5, 5.41) is 0. The Balaban J connectivity index is 4.80. The standard InChI is InChI=1S/C17H27NO/c1-7-10-16(11-8-2)12-14(4)13-18(6)17(19)15(5)9-3/h7,9-12H,8,13H2,1-6H3/b10-7-,14-12+,15-9+,16-11+. The van der Waals surface area contributed by atoms with E-state index in [1.54, 1.807) is 4.90 Å². The van der Waals surface area contributed by atoms with Crippen LogP contribution in [-0.2, 0) is 4.79 Å². The van der Waals surface area contributed by atoms with E-state index >= 15 is 0 Å². The smallest absolute Gasteiger partial charge is 0.249 e. The van der Waals surface area contributed by atoms with Crippen molar-refractivity contribution >= 4 is 5.91 Å². The largest absolute Gasteiger partial charge is 0.338 e. The molecule has 0 saturated heterocycles. The summed E-state index contributed by atoms with van der Waals surface area (Å²) in [7, 11) is 1.84. The zero-order valence-corrected chi connectivity index (χ0v) is 13.2. The number of hydrogen-bond donors (Lipinski definition) is 0. The molecule has 1 amide bonds. The molecule has 0 radical (unpaired) electrons.